The zero-order valence-corrected chi connectivity index (χ0v) is 16.7. The fourth-order valence-electron chi connectivity index (χ4n) is 2.57. The Hall–Kier alpha value is -2.80. The SMILES string of the molecule is COc1ccc(/C=N/n2cnnc2SC)cc1COc1cc(C)ccc1C. The first kappa shape index (κ1) is 19.0. The molecule has 6 nitrogen and oxygen atoms in total. The molecule has 0 aliphatic rings. The number of thioether (sulfide) groups is 1. The lowest BCUT2D eigenvalue weighted by atomic mass is 10.1. The van der Waals surface area contributed by atoms with Crippen LogP contribution in [0.3, 0.4) is 0 Å². The number of aromatic nitrogens is 3. The van der Waals surface area contributed by atoms with Crippen LogP contribution in [0.25, 0.3) is 0 Å². The van der Waals surface area contributed by atoms with Gasteiger partial charge in [-0.2, -0.15) is 9.78 Å². The molecule has 0 saturated heterocycles. The van der Waals surface area contributed by atoms with Crippen molar-refractivity contribution in [1.29, 1.82) is 0 Å². The Balaban J connectivity index is 1.80. The number of nitrogens with zero attached hydrogens (tertiary/aromatic N) is 4. The molecule has 7 heteroatoms. The molecule has 0 bridgehead atoms. The summed E-state index contributed by atoms with van der Waals surface area (Å²) >= 11 is 1.49. The van der Waals surface area contributed by atoms with Crippen molar-refractivity contribution in [1.82, 2.24) is 14.9 Å². The Labute approximate surface area is 163 Å². The van der Waals surface area contributed by atoms with Gasteiger partial charge in [0.05, 0.1) is 13.3 Å². The maximum absolute atomic E-state index is 6.04. The number of hydrogen-bond acceptors (Lipinski definition) is 6. The summed E-state index contributed by atoms with van der Waals surface area (Å²) in [4.78, 5) is 0. The van der Waals surface area contributed by atoms with E-state index in [1.807, 2.05) is 37.4 Å². The molecule has 0 aliphatic carbocycles. The lowest BCUT2D eigenvalue weighted by Crippen LogP contribution is -2.01. The van der Waals surface area contributed by atoms with E-state index in [1.165, 1.54) is 17.3 Å². The summed E-state index contributed by atoms with van der Waals surface area (Å²) in [6, 6.07) is 12.1. The second-order valence-corrected chi connectivity index (χ2v) is 6.81. The Kier molecular flexibility index (Phi) is 6.13. The van der Waals surface area contributed by atoms with Gasteiger partial charge in [0.1, 0.15) is 24.4 Å². The van der Waals surface area contributed by atoms with Crippen molar-refractivity contribution in [3.63, 3.8) is 0 Å². The van der Waals surface area contributed by atoms with Gasteiger partial charge < -0.3 is 9.47 Å². The van der Waals surface area contributed by atoms with Crippen molar-refractivity contribution in [2.75, 3.05) is 13.4 Å². The molecule has 2 aromatic carbocycles. The standard InChI is InChI=1S/C20H22N4O2S/c1-14-5-6-15(2)19(9-14)26-12-17-10-16(7-8-18(17)25-3)11-22-24-13-21-23-20(24)27-4/h5-11,13H,12H2,1-4H3/b22-11+. The molecule has 0 radical (unpaired) electrons. The fourth-order valence-corrected chi connectivity index (χ4v) is 2.98. The van der Waals surface area contributed by atoms with Crippen molar-refractivity contribution in [3.05, 3.63) is 65.0 Å². The third-order valence-electron chi connectivity index (χ3n) is 4.05. The Morgan fingerprint density at radius 2 is 2.00 bits per heavy atom. The zero-order valence-electron chi connectivity index (χ0n) is 15.8. The molecule has 0 N–H and O–H groups in total. The summed E-state index contributed by atoms with van der Waals surface area (Å²) < 4.78 is 13.2. The van der Waals surface area contributed by atoms with Gasteiger partial charge in [-0.3, -0.25) is 0 Å². The minimum atomic E-state index is 0.415. The summed E-state index contributed by atoms with van der Waals surface area (Å²) in [7, 11) is 1.66. The molecule has 0 unspecified atom stereocenters. The van der Waals surface area contributed by atoms with Gasteiger partial charge in [0.2, 0.25) is 5.16 Å². The number of hydrogen-bond donors (Lipinski definition) is 0. The second-order valence-electron chi connectivity index (χ2n) is 6.04. The van der Waals surface area contributed by atoms with Crippen LogP contribution in [0.4, 0.5) is 0 Å². The molecular weight excluding hydrogens is 360 g/mol. The summed E-state index contributed by atoms with van der Waals surface area (Å²) in [5.41, 5.74) is 4.17. The molecule has 3 aromatic rings. The Morgan fingerprint density at radius 1 is 1.15 bits per heavy atom. The lowest BCUT2D eigenvalue weighted by Gasteiger charge is -2.13. The first-order chi connectivity index (χ1) is 13.1. The van der Waals surface area contributed by atoms with Crippen LogP contribution >= 0.6 is 11.8 Å². The van der Waals surface area contributed by atoms with Gasteiger partial charge in [-0.25, -0.2) is 0 Å². The molecule has 140 valence electrons. The molecule has 0 fully saturated rings. The Bertz CT molecular complexity index is 953. The third kappa shape index (κ3) is 4.68. The molecule has 0 aliphatic heterocycles. The number of rotatable bonds is 7. The van der Waals surface area contributed by atoms with Crippen molar-refractivity contribution in [2.24, 2.45) is 5.10 Å². The van der Waals surface area contributed by atoms with E-state index in [0.717, 1.165) is 33.3 Å². The molecule has 27 heavy (non-hydrogen) atoms. The monoisotopic (exact) mass is 382 g/mol. The highest BCUT2D eigenvalue weighted by molar-refractivity contribution is 7.98. The maximum atomic E-state index is 6.04. The highest BCUT2D eigenvalue weighted by Crippen LogP contribution is 2.24. The largest absolute Gasteiger partial charge is 0.496 e. The zero-order chi connectivity index (χ0) is 19.2. The maximum Gasteiger partial charge on any atom is 0.211 e. The molecule has 1 heterocycles. The minimum absolute atomic E-state index is 0.415. The van der Waals surface area contributed by atoms with Crippen molar-refractivity contribution in [3.8, 4) is 11.5 Å². The predicted octanol–water partition coefficient (Wildman–Crippen LogP) is 4.09. The summed E-state index contributed by atoms with van der Waals surface area (Å²) in [6.45, 7) is 4.51. The fraction of sp³-hybridized carbons (Fsp3) is 0.250. The summed E-state index contributed by atoms with van der Waals surface area (Å²) in [6.07, 6.45) is 5.28. The molecule has 0 amide bonds. The van der Waals surface area contributed by atoms with E-state index in [-0.39, 0.29) is 0 Å². The van der Waals surface area contributed by atoms with Crippen LogP contribution < -0.4 is 9.47 Å². The quantitative estimate of drug-likeness (QED) is 0.455. The van der Waals surface area contributed by atoms with Gasteiger partial charge in [-0.1, -0.05) is 23.9 Å². The van der Waals surface area contributed by atoms with Gasteiger partial charge in [-0.05, 0) is 61.1 Å². The molecule has 1 aromatic heterocycles. The number of ether oxygens (including phenoxy) is 2. The van der Waals surface area contributed by atoms with Gasteiger partial charge in [0, 0.05) is 5.56 Å². The van der Waals surface area contributed by atoms with E-state index >= 15 is 0 Å². The number of methoxy groups -OCH3 is 1. The van der Waals surface area contributed by atoms with Crippen LogP contribution in [0.5, 0.6) is 11.5 Å². The van der Waals surface area contributed by atoms with E-state index in [0.29, 0.717) is 6.61 Å². The predicted molar refractivity (Wildman–Crippen MR) is 108 cm³/mol. The van der Waals surface area contributed by atoms with Crippen LogP contribution in [-0.2, 0) is 6.61 Å². The molecular formula is C20H22N4O2S. The normalized spacial score (nSPS) is 11.1. The van der Waals surface area contributed by atoms with Gasteiger partial charge in [0.25, 0.3) is 0 Å². The molecule has 0 saturated carbocycles. The second kappa shape index (κ2) is 8.73. The third-order valence-corrected chi connectivity index (χ3v) is 4.68. The Morgan fingerprint density at radius 3 is 2.78 bits per heavy atom. The first-order valence-corrected chi connectivity index (χ1v) is 9.68. The molecule has 0 atom stereocenters. The lowest BCUT2D eigenvalue weighted by molar-refractivity contribution is 0.294. The van der Waals surface area contributed by atoms with Crippen molar-refractivity contribution >= 4 is 18.0 Å². The molecule has 3 rings (SSSR count). The van der Waals surface area contributed by atoms with Crippen LogP contribution in [0, 0.1) is 13.8 Å². The van der Waals surface area contributed by atoms with Gasteiger partial charge >= 0.3 is 0 Å². The van der Waals surface area contributed by atoms with Crippen LogP contribution in [0.1, 0.15) is 22.3 Å². The number of aryl methyl sites for hydroxylation is 2. The number of benzene rings is 2. The van der Waals surface area contributed by atoms with E-state index in [2.05, 4.69) is 34.4 Å². The highest BCUT2D eigenvalue weighted by atomic mass is 32.2. The van der Waals surface area contributed by atoms with Gasteiger partial charge in [-0.15, -0.1) is 10.2 Å². The smallest absolute Gasteiger partial charge is 0.211 e. The topological polar surface area (TPSA) is 61.5 Å². The van der Waals surface area contributed by atoms with Gasteiger partial charge in [0.15, 0.2) is 0 Å². The summed E-state index contributed by atoms with van der Waals surface area (Å²) in [5.74, 6) is 1.66. The highest BCUT2D eigenvalue weighted by Gasteiger charge is 2.07. The van der Waals surface area contributed by atoms with Crippen LogP contribution in [0.15, 0.2) is 53.0 Å². The van der Waals surface area contributed by atoms with E-state index < -0.39 is 0 Å². The molecule has 0 spiro atoms. The average Bonchev–Trinajstić information content (AvgIpc) is 3.14. The first-order valence-electron chi connectivity index (χ1n) is 8.46. The minimum Gasteiger partial charge on any atom is -0.496 e. The van der Waals surface area contributed by atoms with E-state index in [9.17, 15) is 0 Å². The van der Waals surface area contributed by atoms with E-state index in [4.69, 9.17) is 9.47 Å². The van der Waals surface area contributed by atoms with Crippen molar-refractivity contribution < 1.29 is 9.47 Å². The van der Waals surface area contributed by atoms with Crippen molar-refractivity contribution in [2.45, 2.75) is 25.6 Å². The average molecular weight is 382 g/mol. The summed E-state index contributed by atoms with van der Waals surface area (Å²) in [5, 5.41) is 13.0. The van der Waals surface area contributed by atoms with Crippen LogP contribution in [0.2, 0.25) is 0 Å². The van der Waals surface area contributed by atoms with E-state index in [1.54, 1.807) is 24.3 Å². The van der Waals surface area contributed by atoms with Crippen LogP contribution in [-0.4, -0.2) is 34.5 Å².